The number of anilines is 1. The summed E-state index contributed by atoms with van der Waals surface area (Å²) < 4.78 is 24.0. The van der Waals surface area contributed by atoms with Crippen LogP contribution >= 0.6 is 0 Å². The molecule has 9 heteroatoms. The molecule has 0 atom stereocenters. The maximum atomic E-state index is 13.1. The van der Waals surface area contributed by atoms with Gasteiger partial charge in [-0.25, -0.2) is 9.18 Å². The minimum Gasteiger partial charge on any atom is -0.454 e. The van der Waals surface area contributed by atoms with E-state index in [0.29, 0.717) is 17.8 Å². The smallest absolute Gasteiger partial charge is 0.437 e. The Bertz CT molecular complexity index is 1360. The molecule has 0 saturated carbocycles. The van der Waals surface area contributed by atoms with Crippen LogP contribution < -0.4 is 10.7 Å². The van der Waals surface area contributed by atoms with Gasteiger partial charge >= 0.3 is 11.7 Å². The topological polar surface area (TPSA) is 94.6 Å². The van der Waals surface area contributed by atoms with Crippen LogP contribution in [0.4, 0.5) is 10.1 Å². The van der Waals surface area contributed by atoms with Crippen molar-refractivity contribution in [2.45, 2.75) is 13.5 Å². The van der Waals surface area contributed by atoms with E-state index in [0.717, 1.165) is 15.5 Å². The zero-order valence-corrected chi connectivity index (χ0v) is 17.7. The highest BCUT2D eigenvalue weighted by Crippen LogP contribution is 2.26. The van der Waals surface area contributed by atoms with Crippen LogP contribution in [0.25, 0.3) is 22.2 Å². The number of carbonyl (C=O) groups excluding carboxylic acids is 2. The summed E-state index contributed by atoms with van der Waals surface area (Å²) >= 11 is 0. The molecule has 0 bridgehead atoms. The van der Waals surface area contributed by atoms with Crippen LogP contribution in [0.1, 0.15) is 6.92 Å². The quantitative estimate of drug-likeness (QED) is 0.402. The van der Waals surface area contributed by atoms with Crippen LogP contribution in [0.5, 0.6) is 0 Å². The highest BCUT2D eigenvalue weighted by Gasteiger charge is 2.19. The molecule has 0 spiro atoms. The first-order valence-corrected chi connectivity index (χ1v) is 10.2. The first kappa shape index (κ1) is 21.9. The maximum absolute atomic E-state index is 13.1. The number of rotatable bonds is 7. The van der Waals surface area contributed by atoms with Crippen LogP contribution in [0.2, 0.25) is 0 Å². The molecule has 1 aromatic heterocycles. The Morgan fingerprint density at radius 1 is 1.06 bits per heavy atom. The Balaban J connectivity index is 1.42. The van der Waals surface area contributed by atoms with Crippen LogP contribution in [0, 0.1) is 5.82 Å². The van der Waals surface area contributed by atoms with Gasteiger partial charge in [-0.15, -0.1) is 5.10 Å². The van der Waals surface area contributed by atoms with Crippen molar-refractivity contribution in [2.24, 2.45) is 0 Å². The summed E-state index contributed by atoms with van der Waals surface area (Å²) in [5, 5.41) is 5.82. The molecule has 4 aromatic rings. The second-order valence-electron chi connectivity index (χ2n) is 7.13. The molecule has 168 valence electrons. The summed E-state index contributed by atoms with van der Waals surface area (Å²) in [6.07, 6.45) is 0. The third-order valence-corrected chi connectivity index (χ3v) is 5.01. The number of fused-ring (bicyclic) bond motifs is 1. The van der Waals surface area contributed by atoms with Crippen molar-refractivity contribution in [1.82, 2.24) is 9.78 Å². The van der Waals surface area contributed by atoms with Crippen molar-refractivity contribution >= 4 is 28.3 Å². The molecular weight excluding hydrogens is 429 g/mol. The van der Waals surface area contributed by atoms with Crippen molar-refractivity contribution in [3.8, 4) is 11.5 Å². The van der Waals surface area contributed by atoms with E-state index in [4.69, 9.17) is 9.15 Å². The predicted octanol–water partition coefficient (Wildman–Crippen LogP) is 3.39. The zero-order chi connectivity index (χ0) is 23.4. The van der Waals surface area contributed by atoms with Gasteiger partial charge in [0, 0.05) is 17.5 Å². The van der Waals surface area contributed by atoms with Crippen molar-refractivity contribution in [1.29, 1.82) is 0 Å². The maximum Gasteiger partial charge on any atom is 0.437 e. The van der Waals surface area contributed by atoms with Crippen LogP contribution in [0.15, 0.2) is 75.9 Å². The second-order valence-corrected chi connectivity index (χ2v) is 7.13. The molecule has 0 unspecified atom stereocenters. The monoisotopic (exact) mass is 449 g/mol. The number of esters is 1. The Labute approximate surface area is 187 Å². The number of nitrogens with zero attached hydrogens (tertiary/aromatic N) is 3. The van der Waals surface area contributed by atoms with E-state index in [1.54, 1.807) is 0 Å². The fraction of sp³-hybridized carbons (Fsp3) is 0.167. The molecule has 1 amide bonds. The summed E-state index contributed by atoms with van der Waals surface area (Å²) in [6, 6.07) is 18.5. The Morgan fingerprint density at radius 2 is 1.79 bits per heavy atom. The van der Waals surface area contributed by atoms with Crippen molar-refractivity contribution in [3.05, 3.63) is 83.1 Å². The van der Waals surface area contributed by atoms with E-state index < -0.39 is 36.6 Å². The summed E-state index contributed by atoms with van der Waals surface area (Å²) in [4.78, 5) is 38.5. The van der Waals surface area contributed by atoms with E-state index in [1.165, 1.54) is 29.2 Å². The average Bonchev–Trinajstić information content (AvgIpc) is 3.18. The first-order chi connectivity index (χ1) is 16.0. The molecule has 33 heavy (non-hydrogen) atoms. The normalized spacial score (nSPS) is 10.8. The van der Waals surface area contributed by atoms with Crippen molar-refractivity contribution in [3.63, 3.8) is 0 Å². The number of benzene rings is 3. The van der Waals surface area contributed by atoms with Gasteiger partial charge in [0.1, 0.15) is 12.4 Å². The fourth-order valence-corrected chi connectivity index (χ4v) is 3.43. The average molecular weight is 449 g/mol. The molecule has 4 rings (SSSR count). The van der Waals surface area contributed by atoms with Crippen molar-refractivity contribution in [2.75, 3.05) is 18.1 Å². The van der Waals surface area contributed by atoms with Gasteiger partial charge in [0.25, 0.3) is 5.91 Å². The largest absolute Gasteiger partial charge is 0.454 e. The number of aromatic nitrogens is 2. The fourth-order valence-electron chi connectivity index (χ4n) is 3.43. The minimum absolute atomic E-state index is 0.0583. The van der Waals surface area contributed by atoms with Gasteiger partial charge < -0.3 is 14.1 Å². The van der Waals surface area contributed by atoms with Gasteiger partial charge in [-0.3, -0.25) is 9.59 Å². The number of hydrogen-bond acceptors (Lipinski definition) is 6. The number of likely N-dealkylation sites (N-methyl/N-ethyl adjacent to an activating group) is 1. The number of amides is 1. The molecule has 1 heterocycles. The second kappa shape index (κ2) is 9.47. The highest BCUT2D eigenvalue weighted by atomic mass is 19.1. The van der Waals surface area contributed by atoms with E-state index in [2.05, 4.69) is 5.10 Å². The number of halogens is 1. The Hall–Kier alpha value is -4.27. The summed E-state index contributed by atoms with van der Waals surface area (Å²) in [6.45, 7) is 1.19. The third-order valence-electron chi connectivity index (χ3n) is 5.01. The minimum atomic E-state index is -0.872. The van der Waals surface area contributed by atoms with E-state index >= 15 is 0 Å². The summed E-state index contributed by atoms with van der Waals surface area (Å²) in [5.74, 6) is -2.60. The summed E-state index contributed by atoms with van der Waals surface area (Å²) in [5.41, 5.74) is 1.10. The van der Waals surface area contributed by atoms with Gasteiger partial charge in [0.15, 0.2) is 6.61 Å². The molecule has 0 radical (unpaired) electrons. The van der Waals surface area contributed by atoms with E-state index in [-0.39, 0.29) is 5.89 Å². The predicted molar refractivity (Wildman–Crippen MR) is 119 cm³/mol. The van der Waals surface area contributed by atoms with Gasteiger partial charge in [0.2, 0.25) is 5.89 Å². The molecule has 0 aliphatic heterocycles. The lowest BCUT2D eigenvalue weighted by atomic mass is 10.1. The number of hydrogen-bond donors (Lipinski definition) is 0. The summed E-state index contributed by atoms with van der Waals surface area (Å²) in [7, 11) is 0. The zero-order valence-electron chi connectivity index (χ0n) is 17.7. The third kappa shape index (κ3) is 4.82. The molecule has 0 aliphatic rings. The lowest BCUT2D eigenvalue weighted by molar-refractivity contribution is -0.148. The Kier molecular flexibility index (Phi) is 6.30. The lowest BCUT2D eigenvalue weighted by Crippen LogP contribution is -2.35. The highest BCUT2D eigenvalue weighted by molar-refractivity contribution is 6.04. The molecule has 8 nitrogen and oxygen atoms in total. The van der Waals surface area contributed by atoms with Gasteiger partial charge in [-0.2, -0.15) is 4.68 Å². The molecule has 0 fully saturated rings. The number of ether oxygens (including phenoxy) is 1. The first-order valence-electron chi connectivity index (χ1n) is 10.2. The molecule has 0 N–H and O–H groups in total. The molecule has 0 saturated heterocycles. The molecular formula is C24H20FN3O5. The van der Waals surface area contributed by atoms with Crippen LogP contribution in [-0.2, 0) is 20.9 Å². The van der Waals surface area contributed by atoms with Gasteiger partial charge in [-0.1, -0.05) is 36.4 Å². The van der Waals surface area contributed by atoms with Gasteiger partial charge in [-0.05, 0) is 42.6 Å². The SMILES string of the molecule is CCN(C(=O)COC(=O)Cn1nc(-c2ccc(F)cc2)oc1=O)c1cccc2ccccc12. The molecule has 0 aliphatic carbocycles. The van der Waals surface area contributed by atoms with Crippen molar-refractivity contribution < 1.29 is 23.1 Å². The van der Waals surface area contributed by atoms with Crippen LogP contribution in [0.3, 0.4) is 0 Å². The van der Waals surface area contributed by atoms with E-state index in [9.17, 15) is 18.8 Å². The Morgan fingerprint density at radius 3 is 2.55 bits per heavy atom. The van der Waals surface area contributed by atoms with E-state index in [1.807, 2.05) is 49.4 Å². The molecule has 3 aromatic carbocycles. The standard InChI is InChI=1S/C24H20FN3O5/c1-2-27(20-9-5-7-16-6-3-4-8-19(16)20)21(29)15-32-22(30)14-28-24(31)33-23(26-28)17-10-12-18(25)13-11-17/h3-13H,2,14-15H2,1H3. The van der Waals surface area contributed by atoms with Gasteiger partial charge in [0.05, 0.1) is 5.69 Å². The van der Waals surface area contributed by atoms with Crippen LogP contribution in [-0.4, -0.2) is 34.8 Å². The number of carbonyl (C=O) groups is 2. The lowest BCUT2D eigenvalue weighted by Gasteiger charge is -2.22.